The Morgan fingerprint density at radius 3 is 2.30 bits per heavy atom. The van der Waals surface area contributed by atoms with Gasteiger partial charge in [0, 0.05) is 15.6 Å². The Bertz CT molecular complexity index is 1360. The molecule has 0 saturated heterocycles. The Hall–Kier alpha value is -2.37. The maximum atomic E-state index is 15.8. The molecule has 13 heteroatoms. The van der Waals surface area contributed by atoms with Gasteiger partial charge in [-0.3, -0.25) is 14.3 Å². The number of alkyl halides is 4. The smallest absolute Gasteiger partial charge is 0.433 e. The lowest BCUT2D eigenvalue weighted by Crippen LogP contribution is -2.52. The molecule has 2 aromatic rings. The molecule has 0 bridgehead atoms. The molecule has 1 atom stereocenters. The number of aliphatic hydroxyl groups excluding tert-OH is 1. The van der Waals surface area contributed by atoms with E-state index in [0.29, 0.717) is 12.8 Å². The first-order chi connectivity index (χ1) is 20.1. The molecule has 1 spiro atoms. The summed E-state index contributed by atoms with van der Waals surface area (Å²) in [5.41, 5.74) is -4.56. The number of carbonyl (C=O) groups excluding carboxylic acids is 2. The van der Waals surface area contributed by atoms with Gasteiger partial charge in [0.1, 0.15) is 5.67 Å². The van der Waals surface area contributed by atoms with Crippen LogP contribution in [0.5, 0.6) is 0 Å². The molecule has 3 aliphatic carbocycles. The summed E-state index contributed by atoms with van der Waals surface area (Å²) in [6, 6.07) is 3.82. The summed E-state index contributed by atoms with van der Waals surface area (Å²) in [7, 11) is 0. The van der Waals surface area contributed by atoms with E-state index >= 15 is 4.39 Å². The minimum absolute atomic E-state index is 0.0881. The third-order valence-electron chi connectivity index (χ3n) is 9.30. The summed E-state index contributed by atoms with van der Waals surface area (Å²) >= 11 is 12.5. The largest absolute Gasteiger partial charge is 0.466 e. The minimum atomic E-state index is -4.96. The van der Waals surface area contributed by atoms with Crippen molar-refractivity contribution in [2.24, 2.45) is 10.8 Å². The van der Waals surface area contributed by atoms with Gasteiger partial charge in [0.2, 0.25) is 0 Å². The molecule has 0 aliphatic heterocycles. The molecule has 3 aliphatic rings. The van der Waals surface area contributed by atoms with E-state index in [1.165, 1.54) is 12.1 Å². The molecule has 1 heterocycles. The number of aliphatic hydroxyl groups is 1. The van der Waals surface area contributed by atoms with E-state index in [-0.39, 0.29) is 53.3 Å². The first-order valence-corrected chi connectivity index (χ1v) is 15.3. The van der Waals surface area contributed by atoms with E-state index in [9.17, 15) is 27.9 Å². The van der Waals surface area contributed by atoms with Crippen molar-refractivity contribution < 1.29 is 37.0 Å². The molecule has 1 amide bonds. The van der Waals surface area contributed by atoms with Crippen molar-refractivity contribution in [2.75, 3.05) is 19.7 Å². The third-order valence-corrected chi connectivity index (χ3v) is 9.95. The van der Waals surface area contributed by atoms with Gasteiger partial charge in [0.05, 0.1) is 49.0 Å². The lowest BCUT2D eigenvalue weighted by Gasteiger charge is -2.45. The average molecular weight is 649 g/mol. The van der Waals surface area contributed by atoms with Crippen LogP contribution in [0.15, 0.2) is 24.4 Å². The van der Waals surface area contributed by atoms with Crippen molar-refractivity contribution in [3.05, 3.63) is 51.3 Å². The van der Waals surface area contributed by atoms with Gasteiger partial charge >= 0.3 is 12.1 Å². The molecule has 236 valence electrons. The molecule has 43 heavy (non-hydrogen) atoms. The highest BCUT2D eigenvalue weighted by Crippen LogP contribution is 2.66. The number of benzene rings is 1. The zero-order chi connectivity index (χ0) is 31.4. The third kappa shape index (κ3) is 6.40. The summed E-state index contributed by atoms with van der Waals surface area (Å²) in [6.07, 6.45) is -2.38. The van der Waals surface area contributed by atoms with Crippen LogP contribution >= 0.6 is 23.2 Å². The Kier molecular flexibility index (Phi) is 8.59. The molecule has 3 saturated carbocycles. The van der Waals surface area contributed by atoms with E-state index in [1.54, 1.807) is 19.9 Å². The first-order valence-electron chi connectivity index (χ1n) is 14.5. The fourth-order valence-electron chi connectivity index (χ4n) is 6.87. The van der Waals surface area contributed by atoms with Gasteiger partial charge < -0.3 is 14.7 Å². The van der Waals surface area contributed by atoms with Gasteiger partial charge in [0.25, 0.3) is 5.91 Å². The van der Waals surface area contributed by atoms with Crippen LogP contribution in [-0.2, 0) is 15.7 Å². The molecule has 1 aromatic carbocycles. The quantitative estimate of drug-likeness (QED) is 0.227. The monoisotopic (exact) mass is 647 g/mol. The number of amides is 1. The fraction of sp³-hybridized carbons (Fsp3) is 0.633. The normalized spacial score (nSPS) is 24.7. The number of halogens is 6. The first kappa shape index (κ1) is 32.0. The highest BCUT2D eigenvalue weighted by molar-refractivity contribution is 6.36. The molecule has 5 rings (SSSR count). The van der Waals surface area contributed by atoms with E-state index in [4.69, 9.17) is 27.9 Å². The highest BCUT2D eigenvalue weighted by Gasteiger charge is 2.62. The van der Waals surface area contributed by atoms with Crippen LogP contribution in [0.25, 0.3) is 0 Å². The van der Waals surface area contributed by atoms with E-state index in [0.717, 1.165) is 28.6 Å². The molecular formula is C30H35Cl2F4N3O4. The molecule has 3 fully saturated rings. The number of aromatic nitrogens is 2. The number of ether oxygens (including phenoxy) is 1. The van der Waals surface area contributed by atoms with E-state index in [1.807, 2.05) is 0 Å². The number of hydrogen-bond acceptors (Lipinski definition) is 5. The lowest BCUT2D eigenvalue weighted by molar-refractivity contribution is -0.157. The summed E-state index contributed by atoms with van der Waals surface area (Å²) in [6.45, 7) is 2.62. The van der Waals surface area contributed by atoms with Crippen LogP contribution in [0.1, 0.15) is 99.0 Å². The van der Waals surface area contributed by atoms with Crippen LogP contribution in [0.4, 0.5) is 17.6 Å². The standard InChI is InChI=1S/C30H35Cl2F4N3O4/c1-3-43-26(42)27(2)9-7-18(8-10-27)39-24(30(34,35)36)19(13-37-39)25(41)38(17-29(33)15-28(16-29)11-12-28)14-22(40)23-20(31)5-4-6-21(23)32/h4-6,13,18,22,40H,3,7-12,14-17H2,1-2H3. The Labute approximate surface area is 257 Å². The van der Waals surface area contributed by atoms with Gasteiger partial charge in [-0.25, -0.2) is 4.39 Å². The molecule has 1 aromatic heterocycles. The second-order valence-corrected chi connectivity index (χ2v) is 13.5. The van der Waals surface area contributed by atoms with Gasteiger partial charge in [-0.15, -0.1) is 0 Å². The summed E-state index contributed by atoms with van der Waals surface area (Å²) in [5.74, 6) is -1.49. The average Bonchev–Trinajstić information content (AvgIpc) is 3.53. The summed E-state index contributed by atoms with van der Waals surface area (Å²) in [4.78, 5) is 27.2. The van der Waals surface area contributed by atoms with Crippen LogP contribution in [-0.4, -0.2) is 57.0 Å². The van der Waals surface area contributed by atoms with E-state index in [2.05, 4.69) is 5.10 Å². The molecule has 7 nitrogen and oxygen atoms in total. The van der Waals surface area contributed by atoms with Crippen molar-refractivity contribution in [3.8, 4) is 0 Å². The molecule has 1 N–H and O–H groups in total. The van der Waals surface area contributed by atoms with Crippen LogP contribution in [0.2, 0.25) is 10.0 Å². The highest BCUT2D eigenvalue weighted by atomic mass is 35.5. The van der Waals surface area contributed by atoms with Gasteiger partial charge in [0.15, 0.2) is 5.69 Å². The summed E-state index contributed by atoms with van der Waals surface area (Å²) in [5, 5.41) is 15.3. The van der Waals surface area contributed by atoms with Crippen molar-refractivity contribution in [2.45, 2.75) is 89.2 Å². The number of rotatable bonds is 9. The summed E-state index contributed by atoms with van der Waals surface area (Å²) < 4.78 is 65.5. The lowest BCUT2D eigenvalue weighted by atomic mass is 9.69. The zero-order valence-corrected chi connectivity index (χ0v) is 25.5. The fourth-order valence-corrected chi connectivity index (χ4v) is 7.52. The molecular weight excluding hydrogens is 613 g/mol. The number of hydrogen-bond donors (Lipinski definition) is 1. The maximum absolute atomic E-state index is 15.8. The van der Waals surface area contributed by atoms with Crippen LogP contribution in [0, 0.1) is 10.8 Å². The number of esters is 1. The van der Waals surface area contributed by atoms with Crippen LogP contribution in [0.3, 0.4) is 0 Å². The second kappa shape index (κ2) is 11.5. The molecule has 1 unspecified atom stereocenters. The van der Waals surface area contributed by atoms with Crippen molar-refractivity contribution in [3.63, 3.8) is 0 Å². The SMILES string of the molecule is CCOC(=O)C1(C)CCC(n2ncc(C(=O)N(CC(O)c3c(Cl)cccc3Cl)CC3(F)CC4(CC4)C3)c2C(F)(F)F)CC1. The number of nitrogens with zero attached hydrogens (tertiary/aromatic N) is 3. The minimum Gasteiger partial charge on any atom is -0.466 e. The van der Waals surface area contributed by atoms with Gasteiger partial charge in [-0.05, 0) is 82.8 Å². The number of carbonyl (C=O) groups is 2. The predicted octanol–water partition coefficient (Wildman–Crippen LogP) is 7.35. The Balaban J connectivity index is 1.43. The maximum Gasteiger partial charge on any atom is 0.433 e. The molecule has 0 radical (unpaired) electrons. The van der Waals surface area contributed by atoms with Crippen molar-refractivity contribution in [1.82, 2.24) is 14.7 Å². The van der Waals surface area contributed by atoms with E-state index < -0.39 is 65.6 Å². The Morgan fingerprint density at radius 2 is 1.77 bits per heavy atom. The topological polar surface area (TPSA) is 84.7 Å². The van der Waals surface area contributed by atoms with Crippen molar-refractivity contribution >= 4 is 35.1 Å². The van der Waals surface area contributed by atoms with Gasteiger partial charge in [-0.1, -0.05) is 29.3 Å². The van der Waals surface area contributed by atoms with Crippen LogP contribution < -0.4 is 0 Å². The Morgan fingerprint density at radius 1 is 1.16 bits per heavy atom. The second-order valence-electron chi connectivity index (χ2n) is 12.7. The zero-order valence-electron chi connectivity index (χ0n) is 24.0. The predicted molar refractivity (Wildman–Crippen MR) is 152 cm³/mol. The van der Waals surface area contributed by atoms with Gasteiger partial charge in [-0.2, -0.15) is 18.3 Å². The van der Waals surface area contributed by atoms with Crippen molar-refractivity contribution in [1.29, 1.82) is 0 Å².